The van der Waals surface area contributed by atoms with Crippen LogP contribution in [0.5, 0.6) is 0 Å². The van der Waals surface area contributed by atoms with Gasteiger partial charge in [0, 0.05) is 25.2 Å². The van der Waals surface area contributed by atoms with Gasteiger partial charge in [0.25, 0.3) is 0 Å². The van der Waals surface area contributed by atoms with Crippen molar-refractivity contribution in [2.75, 3.05) is 19.4 Å². The van der Waals surface area contributed by atoms with Crippen molar-refractivity contribution in [2.45, 2.75) is 25.4 Å². The van der Waals surface area contributed by atoms with Crippen molar-refractivity contribution in [3.8, 4) is 11.1 Å². The van der Waals surface area contributed by atoms with Gasteiger partial charge in [0.2, 0.25) is 11.8 Å². The van der Waals surface area contributed by atoms with Gasteiger partial charge in [-0.2, -0.15) is 0 Å². The van der Waals surface area contributed by atoms with E-state index in [-0.39, 0.29) is 18.2 Å². The molecule has 3 aromatic carbocycles. The van der Waals surface area contributed by atoms with Crippen molar-refractivity contribution in [1.29, 1.82) is 0 Å². The summed E-state index contributed by atoms with van der Waals surface area (Å²) in [6.45, 7) is 1.21. The lowest BCUT2D eigenvalue weighted by molar-refractivity contribution is -0.126. The zero-order valence-corrected chi connectivity index (χ0v) is 18.2. The standard InChI is InChI=1S/C26H26FN3O2/c1-30(2)16-17-7-9-18(10-8-17)21-6-4-3-5-19(21)15-28-26(32)23-14-25(31)29-24-13-20(27)11-12-22(23)24/h3-13,23H,14-16H2,1-2H3,(H,28,32)(H,29,31). The first-order chi connectivity index (χ1) is 15.4. The predicted molar refractivity (Wildman–Crippen MR) is 124 cm³/mol. The van der Waals surface area contributed by atoms with E-state index in [4.69, 9.17) is 0 Å². The molecule has 0 fully saturated rings. The van der Waals surface area contributed by atoms with Gasteiger partial charge in [-0.25, -0.2) is 4.39 Å². The zero-order chi connectivity index (χ0) is 22.7. The highest BCUT2D eigenvalue weighted by atomic mass is 19.1. The molecule has 3 aromatic rings. The Kier molecular flexibility index (Phi) is 6.32. The molecule has 0 spiro atoms. The monoisotopic (exact) mass is 431 g/mol. The number of halogens is 1. The van der Waals surface area contributed by atoms with Crippen molar-refractivity contribution >= 4 is 17.5 Å². The molecule has 1 aliphatic heterocycles. The molecule has 0 saturated carbocycles. The molecule has 0 saturated heterocycles. The summed E-state index contributed by atoms with van der Waals surface area (Å²) in [5.41, 5.74) is 5.34. The Labute approximate surface area is 187 Å². The number of carbonyl (C=O) groups excluding carboxylic acids is 2. The van der Waals surface area contributed by atoms with Crippen LogP contribution < -0.4 is 10.6 Å². The van der Waals surface area contributed by atoms with Crippen LogP contribution in [-0.4, -0.2) is 30.8 Å². The normalized spacial score (nSPS) is 15.2. The van der Waals surface area contributed by atoms with Crippen LogP contribution >= 0.6 is 0 Å². The van der Waals surface area contributed by atoms with E-state index >= 15 is 0 Å². The van der Waals surface area contributed by atoms with Crippen LogP contribution in [0.4, 0.5) is 10.1 Å². The number of rotatable bonds is 6. The molecule has 0 bridgehead atoms. The highest BCUT2D eigenvalue weighted by Crippen LogP contribution is 2.33. The van der Waals surface area contributed by atoms with Crippen molar-refractivity contribution in [3.05, 3.63) is 89.2 Å². The van der Waals surface area contributed by atoms with E-state index < -0.39 is 11.7 Å². The van der Waals surface area contributed by atoms with Gasteiger partial charge in [0.05, 0.1) is 5.92 Å². The smallest absolute Gasteiger partial charge is 0.228 e. The summed E-state index contributed by atoms with van der Waals surface area (Å²) in [6.07, 6.45) is 0.0411. The summed E-state index contributed by atoms with van der Waals surface area (Å²) in [5.74, 6) is -1.63. The number of nitrogens with zero attached hydrogens (tertiary/aromatic N) is 1. The van der Waals surface area contributed by atoms with Gasteiger partial charge in [0.15, 0.2) is 0 Å². The van der Waals surface area contributed by atoms with Crippen LogP contribution in [0.25, 0.3) is 11.1 Å². The van der Waals surface area contributed by atoms with Gasteiger partial charge in [0.1, 0.15) is 5.82 Å². The van der Waals surface area contributed by atoms with Crippen molar-refractivity contribution < 1.29 is 14.0 Å². The maximum atomic E-state index is 13.6. The number of fused-ring (bicyclic) bond motifs is 1. The molecule has 2 N–H and O–H groups in total. The molecule has 0 radical (unpaired) electrons. The summed E-state index contributed by atoms with van der Waals surface area (Å²) in [7, 11) is 4.08. The molecule has 1 heterocycles. The molecule has 1 aliphatic rings. The first-order valence-electron chi connectivity index (χ1n) is 10.6. The second-order valence-electron chi connectivity index (χ2n) is 8.35. The van der Waals surface area contributed by atoms with E-state index in [0.717, 1.165) is 23.2 Å². The fraction of sp³-hybridized carbons (Fsp3) is 0.231. The Morgan fingerprint density at radius 3 is 2.59 bits per heavy atom. The minimum absolute atomic E-state index is 0.0411. The fourth-order valence-corrected chi connectivity index (χ4v) is 4.09. The largest absolute Gasteiger partial charge is 0.351 e. The highest BCUT2D eigenvalue weighted by Gasteiger charge is 2.30. The molecule has 1 unspecified atom stereocenters. The van der Waals surface area contributed by atoms with Crippen LogP contribution in [0.3, 0.4) is 0 Å². The Bertz CT molecular complexity index is 1140. The van der Waals surface area contributed by atoms with Crippen LogP contribution in [-0.2, 0) is 22.7 Å². The summed E-state index contributed by atoms with van der Waals surface area (Å²) >= 11 is 0. The van der Waals surface area contributed by atoms with Crippen LogP contribution in [0.2, 0.25) is 0 Å². The van der Waals surface area contributed by atoms with Crippen LogP contribution in [0.15, 0.2) is 66.7 Å². The van der Waals surface area contributed by atoms with E-state index in [1.54, 1.807) is 6.07 Å². The third kappa shape index (κ3) is 4.86. The molecule has 0 aromatic heterocycles. The number of anilines is 1. The van der Waals surface area contributed by atoms with Crippen LogP contribution in [0, 0.1) is 5.82 Å². The lowest BCUT2D eigenvalue weighted by Gasteiger charge is -2.25. The molecule has 4 rings (SSSR count). The molecular formula is C26H26FN3O2. The maximum Gasteiger partial charge on any atom is 0.228 e. The predicted octanol–water partition coefficient (Wildman–Crippen LogP) is 4.30. The lowest BCUT2D eigenvalue weighted by Crippen LogP contribution is -2.34. The first-order valence-corrected chi connectivity index (χ1v) is 10.6. The van der Waals surface area contributed by atoms with Gasteiger partial charge in [-0.05, 0) is 54.0 Å². The highest BCUT2D eigenvalue weighted by molar-refractivity contribution is 6.01. The number of benzene rings is 3. The average Bonchev–Trinajstić information content (AvgIpc) is 2.77. The van der Waals surface area contributed by atoms with Gasteiger partial charge in [-0.15, -0.1) is 0 Å². The molecule has 6 heteroatoms. The maximum absolute atomic E-state index is 13.6. The summed E-state index contributed by atoms with van der Waals surface area (Å²) in [6, 6.07) is 20.5. The van der Waals surface area contributed by atoms with E-state index in [1.807, 2.05) is 38.4 Å². The lowest BCUT2D eigenvalue weighted by atomic mass is 9.89. The Morgan fingerprint density at radius 1 is 1.09 bits per heavy atom. The van der Waals surface area contributed by atoms with E-state index in [0.29, 0.717) is 17.8 Å². The topological polar surface area (TPSA) is 61.4 Å². The zero-order valence-electron chi connectivity index (χ0n) is 18.2. The molecule has 32 heavy (non-hydrogen) atoms. The minimum Gasteiger partial charge on any atom is -0.351 e. The Balaban J connectivity index is 1.51. The molecule has 5 nitrogen and oxygen atoms in total. The molecule has 164 valence electrons. The first kappa shape index (κ1) is 21.7. The van der Waals surface area contributed by atoms with Crippen molar-refractivity contribution in [3.63, 3.8) is 0 Å². The van der Waals surface area contributed by atoms with Crippen LogP contribution in [0.1, 0.15) is 29.0 Å². The number of hydrogen-bond donors (Lipinski definition) is 2. The number of nitrogens with one attached hydrogen (secondary N) is 2. The minimum atomic E-state index is -0.642. The third-order valence-corrected chi connectivity index (χ3v) is 5.61. The van der Waals surface area contributed by atoms with E-state index in [1.165, 1.54) is 17.7 Å². The molecule has 2 amide bonds. The molecule has 0 aliphatic carbocycles. The van der Waals surface area contributed by atoms with Gasteiger partial charge >= 0.3 is 0 Å². The van der Waals surface area contributed by atoms with Gasteiger partial charge in [-0.3, -0.25) is 9.59 Å². The summed E-state index contributed by atoms with van der Waals surface area (Å²) < 4.78 is 13.6. The Morgan fingerprint density at radius 2 is 1.84 bits per heavy atom. The third-order valence-electron chi connectivity index (χ3n) is 5.61. The summed E-state index contributed by atoms with van der Waals surface area (Å²) in [5, 5.41) is 5.62. The van der Waals surface area contributed by atoms with Gasteiger partial charge < -0.3 is 15.5 Å². The number of hydrogen-bond acceptors (Lipinski definition) is 3. The second-order valence-corrected chi connectivity index (χ2v) is 8.35. The Hall–Kier alpha value is -3.51. The SMILES string of the molecule is CN(C)Cc1ccc(-c2ccccc2CNC(=O)C2CC(=O)Nc3cc(F)ccc32)cc1. The van der Waals surface area contributed by atoms with Crippen molar-refractivity contribution in [2.24, 2.45) is 0 Å². The average molecular weight is 432 g/mol. The quantitative estimate of drug-likeness (QED) is 0.612. The van der Waals surface area contributed by atoms with Crippen molar-refractivity contribution in [1.82, 2.24) is 10.2 Å². The fourth-order valence-electron chi connectivity index (χ4n) is 4.09. The second kappa shape index (κ2) is 9.32. The molecule has 1 atom stereocenters. The number of amides is 2. The molecular weight excluding hydrogens is 405 g/mol. The van der Waals surface area contributed by atoms with E-state index in [2.05, 4.69) is 39.8 Å². The number of carbonyl (C=O) groups is 2. The summed E-state index contributed by atoms with van der Waals surface area (Å²) in [4.78, 5) is 27.1. The van der Waals surface area contributed by atoms with Gasteiger partial charge in [-0.1, -0.05) is 54.6 Å². The van der Waals surface area contributed by atoms with E-state index in [9.17, 15) is 14.0 Å².